The first-order valence-corrected chi connectivity index (χ1v) is 6.44. The zero-order valence-electron chi connectivity index (χ0n) is 11.8. The topological polar surface area (TPSA) is 97.0 Å². The fraction of sp³-hybridized carbons (Fsp3) is 0.125. The molecule has 6 nitrogen and oxygen atoms in total. The maximum Gasteiger partial charge on any atom is 0.342 e. The summed E-state index contributed by atoms with van der Waals surface area (Å²) in [6, 6.07) is 5.67. The van der Waals surface area contributed by atoms with Crippen LogP contribution in [-0.4, -0.2) is 23.3 Å². The quantitative estimate of drug-likeness (QED) is 0.529. The molecular weight excluding hydrogens is 288 g/mol. The molecule has 112 valence electrons. The van der Waals surface area contributed by atoms with Gasteiger partial charge in [-0.05, 0) is 36.8 Å². The molecular formula is C16H12O6. The minimum absolute atomic E-state index is 0.0474. The number of hydrogen-bond donors (Lipinski definition) is 2. The van der Waals surface area contributed by atoms with E-state index >= 15 is 0 Å². The lowest BCUT2D eigenvalue weighted by Crippen LogP contribution is -2.11. The van der Waals surface area contributed by atoms with E-state index in [0.717, 1.165) is 12.7 Å². The Morgan fingerprint density at radius 2 is 1.82 bits per heavy atom. The lowest BCUT2D eigenvalue weighted by molar-refractivity contribution is 0.0599. The minimum Gasteiger partial charge on any atom is -0.507 e. The van der Waals surface area contributed by atoms with Gasteiger partial charge in [0, 0.05) is 0 Å². The van der Waals surface area contributed by atoms with E-state index < -0.39 is 17.1 Å². The molecule has 0 aliphatic carbocycles. The number of carbonyl (C=O) groups is 1. The Bertz CT molecular complexity index is 983. The Morgan fingerprint density at radius 1 is 1.09 bits per heavy atom. The van der Waals surface area contributed by atoms with Gasteiger partial charge in [-0.3, -0.25) is 4.79 Å². The number of hydrogen-bond acceptors (Lipinski definition) is 6. The Labute approximate surface area is 124 Å². The maximum absolute atomic E-state index is 12.7. The average Bonchev–Trinajstić information content (AvgIpc) is 2.46. The van der Waals surface area contributed by atoms with Gasteiger partial charge in [0.1, 0.15) is 33.6 Å². The molecule has 0 fully saturated rings. The van der Waals surface area contributed by atoms with Crippen LogP contribution in [0.25, 0.3) is 21.9 Å². The van der Waals surface area contributed by atoms with Crippen LogP contribution in [0, 0.1) is 6.92 Å². The monoisotopic (exact) mass is 300 g/mol. The Morgan fingerprint density at radius 3 is 2.50 bits per heavy atom. The normalized spacial score (nSPS) is 11.0. The van der Waals surface area contributed by atoms with Crippen LogP contribution < -0.4 is 5.43 Å². The van der Waals surface area contributed by atoms with Crippen LogP contribution in [0.1, 0.15) is 15.9 Å². The van der Waals surface area contributed by atoms with Crippen LogP contribution in [0.3, 0.4) is 0 Å². The van der Waals surface area contributed by atoms with Gasteiger partial charge in [0.05, 0.1) is 12.5 Å². The number of phenolic OH excluding ortho intramolecular Hbond substituents is 2. The molecule has 0 aliphatic rings. The molecule has 2 N–H and O–H groups in total. The van der Waals surface area contributed by atoms with Gasteiger partial charge in [0.2, 0.25) is 5.43 Å². The number of benzene rings is 2. The second-order valence-corrected chi connectivity index (χ2v) is 4.91. The number of ether oxygens (including phenoxy) is 1. The summed E-state index contributed by atoms with van der Waals surface area (Å²) in [4.78, 5) is 24.5. The van der Waals surface area contributed by atoms with Crippen molar-refractivity contribution in [2.45, 2.75) is 6.92 Å². The van der Waals surface area contributed by atoms with E-state index in [9.17, 15) is 19.8 Å². The van der Waals surface area contributed by atoms with Crippen molar-refractivity contribution in [3.63, 3.8) is 0 Å². The van der Waals surface area contributed by atoms with Gasteiger partial charge in [0.15, 0.2) is 0 Å². The first-order chi connectivity index (χ1) is 10.4. The Hall–Kier alpha value is -3.02. The van der Waals surface area contributed by atoms with E-state index in [1.54, 1.807) is 13.0 Å². The number of aromatic hydroxyl groups is 2. The van der Waals surface area contributed by atoms with Gasteiger partial charge in [0.25, 0.3) is 0 Å². The lowest BCUT2D eigenvalue weighted by Gasteiger charge is -2.08. The molecule has 2 aromatic carbocycles. The Balaban J connectivity index is 2.59. The van der Waals surface area contributed by atoms with Crippen LogP contribution in [0.5, 0.6) is 11.5 Å². The molecule has 1 heterocycles. The molecule has 6 heteroatoms. The number of fused-ring (bicyclic) bond motifs is 2. The molecule has 3 aromatic rings. The molecule has 0 radical (unpaired) electrons. The van der Waals surface area contributed by atoms with Crippen LogP contribution in [0.15, 0.2) is 33.5 Å². The van der Waals surface area contributed by atoms with E-state index in [4.69, 9.17) is 4.42 Å². The summed E-state index contributed by atoms with van der Waals surface area (Å²) >= 11 is 0. The van der Waals surface area contributed by atoms with Crippen LogP contribution in [-0.2, 0) is 4.74 Å². The number of carbonyl (C=O) groups excluding carboxylic acids is 1. The van der Waals surface area contributed by atoms with Crippen LogP contribution >= 0.6 is 0 Å². The standard InChI is InChI=1S/C16H12O6/c1-7-5-9(18)12-11(6-7)22-10-4-3-8(17)13(16(20)21-2)14(10)15(12)19/h3-6,17-18H,1-2H3. The maximum atomic E-state index is 12.7. The SMILES string of the molecule is COC(=O)c1c(O)ccc2oc3cc(C)cc(O)c3c(=O)c12. The number of rotatable bonds is 1. The van der Waals surface area contributed by atoms with Crippen molar-refractivity contribution in [2.75, 3.05) is 7.11 Å². The van der Waals surface area contributed by atoms with Gasteiger partial charge in [-0.15, -0.1) is 0 Å². The molecule has 0 saturated carbocycles. The summed E-state index contributed by atoms with van der Waals surface area (Å²) in [7, 11) is 1.14. The second-order valence-electron chi connectivity index (χ2n) is 4.91. The predicted molar refractivity (Wildman–Crippen MR) is 79.4 cm³/mol. The first-order valence-electron chi connectivity index (χ1n) is 6.44. The van der Waals surface area contributed by atoms with E-state index in [2.05, 4.69) is 4.74 Å². The van der Waals surface area contributed by atoms with E-state index in [-0.39, 0.29) is 33.3 Å². The highest BCUT2D eigenvalue weighted by Crippen LogP contribution is 2.31. The average molecular weight is 300 g/mol. The highest BCUT2D eigenvalue weighted by atomic mass is 16.5. The second kappa shape index (κ2) is 4.77. The zero-order valence-corrected chi connectivity index (χ0v) is 11.8. The molecule has 0 amide bonds. The lowest BCUT2D eigenvalue weighted by atomic mass is 10.0. The Kier molecular flexibility index (Phi) is 3.02. The summed E-state index contributed by atoms with van der Waals surface area (Å²) in [5, 5.41) is 19.7. The zero-order chi connectivity index (χ0) is 16.0. The summed E-state index contributed by atoms with van der Waals surface area (Å²) in [5.41, 5.74) is 0.164. The highest BCUT2D eigenvalue weighted by molar-refractivity contribution is 6.08. The van der Waals surface area contributed by atoms with Crippen molar-refractivity contribution in [3.05, 3.63) is 45.6 Å². The van der Waals surface area contributed by atoms with Crippen molar-refractivity contribution in [1.29, 1.82) is 0 Å². The molecule has 0 spiro atoms. The molecule has 0 bridgehead atoms. The van der Waals surface area contributed by atoms with Gasteiger partial charge >= 0.3 is 5.97 Å². The summed E-state index contributed by atoms with van der Waals surface area (Å²) in [5.74, 6) is -1.50. The van der Waals surface area contributed by atoms with Gasteiger partial charge < -0.3 is 19.4 Å². The van der Waals surface area contributed by atoms with Crippen molar-refractivity contribution < 1.29 is 24.2 Å². The third-order valence-electron chi connectivity index (χ3n) is 3.43. The molecule has 0 unspecified atom stereocenters. The number of esters is 1. The molecule has 0 atom stereocenters. The van der Waals surface area contributed by atoms with E-state index in [1.165, 1.54) is 18.2 Å². The third-order valence-corrected chi connectivity index (χ3v) is 3.43. The van der Waals surface area contributed by atoms with Crippen molar-refractivity contribution in [2.24, 2.45) is 0 Å². The van der Waals surface area contributed by atoms with Crippen molar-refractivity contribution in [1.82, 2.24) is 0 Å². The number of aryl methyl sites for hydroxylation is 1. The van der Waals surface area contributed by atoms with Crippen molar-refractivity contribution in [3.8, 4) is 11.5 Å². The van der Waals surface area contributed by atoms with E-state index in [1.807, 2.05) is 0 Å². The summed E-state index contributed by atoms with van der Waals surface area (Å²) in [6.07, 6.45) is 0. The van der Waals surface area contributed by atoms with Gasteiger partial charge in [-0.1, -0.05) is 0 Å². The van der Waals surface area contributed by atoms with E-state index in [0.29, 0.717) is 0 Å². The largest absolute Gasteiger partial charge is 0.507 e. The number of methoxy groups -OCH3 is 1. The third kappa shape index (κ3) is 1.88. The molecule has 0 aliphatic heterocycles. The summed E-state index contributed by atoms with van der Waals surface area (Å²) < 4.78 is 10.2. The molecule has 3 rings (SSSR count). The smallest absolute Gasteiger partial charge is 0.342 e. The molecule has 0 saturated heterocycles. The van der Waals surface area contributed by atoms with Crippen LogP contribution in [0.4, 0.5) is 0 Å². The fourth-order valence-corrected chi connectivity index (χ4v) is 2.48. The highest BCUT2D eigenvalue weighted by Gasteiger charge is 2.22. The van der Waals surface area contributed by atoms with Crippen molar-refractivity contribution >= 4 is 27.9 Å². The fourth-order valence-electron chi connectivity index (χ4n) is 2.48. The molecule has 22 heavy (non-hydrogen) atoms. The van der Waals surface area contributed by atoms with Gasteiger partial charge in [-0.2, -0.15) is 0 Å². The number of phenols is 2. The summed E-state index contributed by atoms with van der Waals surface area (Å²) in [6.45, 7) is 1.75. The predicted octanol–water partition coefficient (Wildman–Crippen LogP) is 2.45. The first kappa shape index (κ1) is 13.9. The molecule has 1 aromatic heterocycles. The van der Waals surface area contributed by atoms with Gasteiger partial charge in [-0.25, -0.2) is 4.79 Å². The van der Waals surface area contributed by atoms with Crippen LogP contribution in [0.2, 0.25) is 0 Å². The minimum atomic E-state index is -0.860.